The van der Waals surface area contributed by atoms with Crippen molar-refractivity contribution in [3.05, 3.63) is 18.2 Å². The Morgan fingerprint density at radius 2 is 2.17 bits per heavy atom. The zero-order valence-electron chi connectivity index (χ0n) is 10.1. The van der Waals surface area contributed by atoms with E-state index in [2.05, 4.69) is 15.3 Å². The van der Waals surface area contributed by atoms with E-state index in [1.54, 1.807) is 19.3 Å². The summed E-state index contributed by atoms with van der Waals surface area (Å²) in [5.41, 5.74) is 6.07. The van der Waals surface area contributed by atoms with Crippen molar-refractivity contribution < 1.29 is 9.53 Å². The fourth-order valence-corrected chi connectivity index (χ4v) is 1.75. The largest absolute Gasteiger partial charge is 0.364 e. The van der Waals surface area contributed by atoms with Crippen molar-refractivity contribution in [3.8, 4) is 0 Å². The Labute approximate surface area is 112 Å². The molecule has 6 nitrogen and oxygen atoms in total. The van der Waals surface area contributed by atoms with E-state index in [1.807, 2.05) is 0 Å². The fourth-order valence-electron chi connectivity index (χ4n) is 1.75. The van der Waals surface area contributed by atoms with E-state index in [1.165, 1.54) is 0 Å². The quantitative estimate of drug-likeness (QED) is 0.843. The Morgan fingerprint density at radius 3 is 2.72 bits per heavy atom. The van der Waals surface area contributed by atoms with Crippen LogP contribution in [0.1, 0.15) is 18.7 Å². The number of ether oxygens (including phenoxy) is 1. The molecule has 2 rings (SSSR count). The third-order valence-electron chi connectivity index (χ3n) is 2.71. The number of nitrogens with two attached hydrogens (primary N) is 1. The topological polar surface area (TPSA) is 90.1 Å². The fraction of sp³-hybridized carbons (Fsp3) is 0.545. The molecule has 0 saturated carbocycles. The van der Waals surface area contributed by atoms with Gasteiger partial charge in [-0.1, -0.05) is 0 Å². The summed E-state index contributed by atoms with van der Waals surface area (Å²) in [6.45, 7) is 2.24. The van der Waals surface area contributed by atoms with E-state index < -0.39 is 6.10 Å². The number of carbonyl (C=O) groups excluding carboxylic acids is 1. The molecule has 1 saturated heterocycles. The van der Waals surface area contributed by atoms with Crippen LogP contribution in [0.3, 0.4) is 0 Å². The number of aromatic nitrogens is 2. The molecule has 1 fully saturated rings. The lowest BCUT2D eigenvalue weighted by Crippen LogP contribution is -2.29. The van der Waals surface area contributed by atoms with Gasteiger partial charge in [0.05, 0.1) is 24.2 Å². The number of nitrogens with one attached hydrogen (secondary N) is 1. The molecule has 100 valence electrons. The van der Waals surface area contributed by atoms with Gasteiger partial charge in [-0.2, -0.15) is 0 Å². The highest BCUT2D eigenvalue weighted by Crippen LogP contribution is 2.20. The summed E-state index contributed by atoms with van der Waals surface area (Å²) in [5.74, 6) is 0.511. The number of hydrogen-bond donors (Lipinski definition) is 2. The van der Waals surface area contributed by atoms with Gasteiger partial charge in [0.25, 0.3) is 5.91 Å². The number of hydrogen-bond acceptors (Lipinski definition) is 5. The predicted octanol–water partition coefficient (Wildman–Crippen LogP) is 0.652. The molecule has 1 aliphatic rings. The summed E-state index contributed by atoms with van der Waals surface area (Å²) in [4.78, 5) is 19.8. The van der Waals surface area contributed by atoms with Crippen LogP contribution in [0.15, 0.2) is 12.4 Å². The lowest BCUT2D eigenvalue weighted by atomic mass is 10.2. The molecule has 1 aliphatic heterocycles. The highest BCUT2D eigenvalue weighted by atomic mass is 35.5. The Bertz CT molecular complexity index is 399. The van der Waals surface area contributed by atoms with Crippen LogP contribution in [-0.2, 0) is 9.53 Å². The first-order valence-electron chi connectivity index (χ1n) is 5.64. The van der Waals surface area contributed by atoms with Crippen LogP contribution in [-0.4, -0.2) is 34.6 Å². The van der Waals surface area contributed by atoms with Gasteiger partial charge in [-0.25, -0.2) is 9.97 Å². The van der Waals surface area contributed by atoms with Crippen molar-refractivity contribution in [2.75, 3.05) is 11.9 Å². The second kappa shape index (κ2) is 6.63. The molecule has 0 aliphatic carbocycles. The lowest BCUT2D eigenvalue weighted by molar-refractivity contribution is -0.126. The van der Waals surface area contributed by atoms with Gasteiger partial charge in [0.2, 0.25) is 0 Å². The van der Waals surface area contributed by atoms with Gasteiger partial charge in [-0.15, -0.1) is 12.4 Å². The highest BCUT2D eigenvalue weighted by Gasteiger charge is 2.29. The van der Waals surface area contributed by atoms with E-state index in [0.29, 0.717) is 24.5 Å². The van der Waals surface area contributed by atoms with Gasteiger partial charge in [0, 0.05) is 6.54 Å². The Kier molecular flexibility index (Phi) is 5.46. The van der Waals surface area contributed by atoms with Gasteiger partial charge >= 0.3 is 0 Å². The SMILES string of the molecule is Cc1ncc(NC(=O)[C@@H]2CC[C@H](CN)O2)cn1.Cl. The minimum atomic E-state index is -0.412. The van der Waals surface area contributed by atoms with E-state index >= 15 is 0 Å². The van der Waals surface area contributed by atoms with Crippen molar-refractivity contribution in [1.29, 1.82) is 0 Å². The normalized spacial score (nSPS) is 22.3. The van der Waals surface area contributed by atoms with Crippen LogP contribution < -0.4 is 11.1 Å². The summed E-state index contributed by atoms with van der Waals surface area (Å²) >= 11 is 0. The second-order valence-corrected chi connectivity index (χ2v) is 4.07. The Balaban J connectivity index is 0.00000162. The first kappa shape index (κ1) is 14.8. The van der Waals surface area contributed by atoms with Gasteiger partial charge in [0.1, 0.15) is 11.9 Å². The van der Waals surface area contributed by atoms with Gasteiger partial charge < -0.3 is 15.8 Å². The molecular weight excluding hydrogens is 256 g/mol. The molecule has 0 unspecified atom stereocenters. The summed E-state index contributed by atoms with van der Waals surface area (Å²) in [6.07, 6.45) is 4.29. The molecule has 0 radical (unpaired) electrons. The monoisotopic (exact) mass is 272 g/mol. The average molecular weight is 273 g/mol. The number of aryl methyl sites for hydroxylation is 1. The van der Waals surface area contributed by atoms with Crippen LogP contribution in [0.5, 0.6) is 0 Å². The van der Waals surface area contributed by atoms with Gasteiger partial charge in [0.15, 0.2) is 0 Å². The minimum absolute atomic E-state index is 0. The van der Waals surface area contributed by atoms with Crippen molar-refractivity contribution in [1.82, 2.24) is 9.97 Å². The molecule has 3 N–H and O–H groups in total. The van der Waals surface area contributed by atoms with Crippen molar-refractivity contribution in [3.63, 3.8) is 0 Å². The molecule has 1 aromatic heterocycles. The maximum atomic E-state index is 11.8. The molecule has 1 aromatic rings. The number of rotatable bonds is 3. The van der Waals surface area contributed by atoms with E-state index in [9.17, 15) is 4.79 Å². The zero-order valence-corrected chi connectivity index (χ0v) is 10.9. The van der Waals surface area contributed by atoms with E-state index in [0.717, 1.165) is 6.42 Å². The van der Waals surface area contributed by atoms with Gasteiger partial charge in [-0.3, -0.25) is 4.79 Å². The maximum Gasteiger partial charge on any atom is 0.253 e. The molecule has 2 atom stereocenters. The van der Waals surface area contributed by atoms with Crippen LogP contribution in [0, 0.1) is 6.92 Å². The van der Waals surface area contributed by atoms with Crippen molar-refractivity contribution in [2.45, 2.75) is 32.0 Å². The smallest absolute Gasteiger partial charge is 0.253 e. The Hall–Kier alpha value is -1.24. The summed E-state index contributed by atoms with van der Waals surface area (Å²) in [7, 11) is 0. The number of halogens is 1. The molecule has 0 bridgehead atoms. The standard InChI is InChI=1S/C11H16N4O2.ClH/c1-7-13-5-8(6-14-7)15-11(16)10-3-2-9(4-12)17-10;/h5-6,9-10H,2-4,12H2,1H3,(H,15,16);1H/t9-,10+;/m1./s1. The summed E-state index contributed by atoms with van der Waals surface area (Å²) < 4.78 is 5.49. The summed E-state index contributed by atoms with van der Waals surface area (Å²) in [6, 6.07) is 0. The van der Waals surface area contributed by atoms with Crippen LogP contribution >= 0.6 is 12.4 Å². The first-order valence-corrected chi connectivity index (χ1v) is 5.64. The molecule has 1 amide bonds. The van der Waals surface area contributed by atoms with E-state index in [4.69, 9.17) is 10.5 Å². The molecule has 18 heavy (non-hydrogen) atoms. The minimum Gasteiger partial charge on any atom is -0.364 e. The summed E-state index contributed by atoms with van der Waals surface area (Å²) in [5, 5.41) is 2.73. The lowest BCUT2D eigenvalue weighted by Gasteiger charge is -2.12. The molecular formula is C11H17ClN4O2. The predicted molar refractivity (Wildman–Crippen MR) is 69.6 cm³/mol. The third kappa shape index (κ3) is 3.63. The van der Waals surface area contributed by atoms with Gasteiger partial charge in [-0.05, 0) is 19.8 Å². The average Bonchev–Trinajstić information content (AvgIpc) is 2.81. The number of nitrogens with zero attached hydrogens (tertiary/aromatic N) is 2. The van der Waals surface area contributed by atoms with Crippen LogP contribution in [0.4, 0.5) is 5.69 Å². The second-order valence-electron chi connectivity index (χ2n) is 4.07. The molecule has 2 heterocycles. The molecule has 7 heteroatoms. The molecule has 0 aromatic carbocycles. The van der Waals surface area contributed by atoms with Crippen molar-refractivity contribution in [2.24, 2.45) is 5.73 Å². The third-order valence-corrected chi connectivity index (χ3v) is 2.71. The zero-order chi connectivity index (χ0) is 12.3. The Morgan fingerprint density at radius 1 is 1.50 bits per heavy atom. The van der Waals surface area contributed by atoms with Crippen LogP contribution in [0.25, 0.3) is 0 Å². The highest BCUT2D eigenvalue weighted by molar-refractivity contribution is 5.94. The van der Waals surface area contributed by atoms with Crippen molar-refractivity contribution >= 4 is 24.0 Å². The van der Waals surface area contributed by atoms with Crippen LogP contribution in [0.2, 0.25) is 0 Å². The molecule has 0 spiro atoms. The maximum absolute atomic E-state index is 11.8. The van der Waals surface area contributed by atoms with E-state index in [-0.39, 0.29) is 24.4 Å². The first-order chi connectivity index (χ1) is 8.19. The number of carbonyl (C=O) groups is 1. The number of anilines is 1. The number of amides is 1.